The van der Waals surface area contributed by atoms with E-state index >= 15 is 0 Å². The molecule has 18 heavy (non-hydrogen) atoms. The van der Waals surface area contributed by atoms with E-state index in [4.69, 9.17) is 5.84 Å². The second kappa shape index (κ2) is 5.51. The molecular formula is C10H13N5OS2. The van der Waals surface area contributed by atoms with Gasteiger partial charge < -0.3 is 4.57 Å². The summed E-state index contributed by atoms with van der Waals surface area (Å²) in [6, 6.07) is 1.87. The monoisotopic (exact) mass is 283 g/mol. The maximum atomic E-state index is 11.4. The molecule has 1 amide bonds. The molecule has 3 N–H and O–H groups in total. The zero-order valence-corrected chi connectivity index (χ0v) is 11.6. The normalized spacial score (nSPS) is 10.6. The molecule has 0 unspecified atom stereocenters. The van der Waals surface area contributed by atoms with Gasteiger partial charge in [-0.05, 0) is 18.6 Å². The Kier molecular flexibility index (Phi) is 4.00. The molecule has 2 aromatic rings. The fourth-order valence-corrected chi connectivity index (χ4v) is 3.37. The van der Waals surface area contributed by atoms with Crippen LogP contribution in [0.4, 0.5) is 0 Å². The van der Waals surface area contributed by atoms with Crippen LogP contribution in [0.25, 0.3) is 0 Å². The first-order valence-electron chi connectivity index (χ1n) is 5.19. The predicted octanol–water partition coefficient (Wildman–Crippen LogP) is 1.08. The van der Waals surface area contributed by atoms with Crippen LogP contribution in [0.3, 0.4) is 0 Å². The molecule has 0 aliphatic heterocycles. The van der Waals surface area contributed by atoms with Crippen LogP contribution in [-0.4, -0.2) is 20.7 Å². The topological polar surface area (TPSA) is 85.8 Å². The van der Waals surface area contributed by atoms with Gasteiger partial charge in [0.25, 0.3) is 5.91 Å². The molecular weight excluding hydrogens is 270 g/mol. The molecule has 8 heteroatoms. The summed E-state index contributed by atoms with van der Waals surface area (Å²) in [6.45, 7) is 1.99. The number of aryl methyl sites for hydroxylation is 2. The Labute approximate surface area is 113 Å². The number of aromatic nitrogens is 3. The standard InChI is InChI=1S/C10H13N5OS2/c1-6-7(3-8(18-6)9(16)13-11)4-17-10-14-12-5-15(10)2/h3,5H,4,11H2,1-2H3,(H,13,16). The van der Waals surface area contributed by atoms with Gasteiger partial charge in [0.1, 0.15) is 6.33 Å². The van der Waals surface area contributed by atoms with E-state index in [0.717, 1.165) is 21.3 Å². The molecule has 2 heterocycles. The van der Waals surface area contributed by atoms with Crippen molar-refractivity contribution in [2.75, 3.05) is 0 Å². The van der Waals surface area contributed by atoms with Gasteiger partial charge in [-0.15, -0.1) is 21.5 Å². The minimum atomic E-state index is -0.252. The third-order valence-corrected chi connectivity index (χ3v) is 4.58. The molecule has 2 aromatic heterocycles. The number of amides is 1. The quantitative estimate of drug-likeness (QED) is 0.379. The summed E-state index contributed by atoms with van der Waals surface area (Å²) in [5, 5.41) is 8.67. The second-order valence-corrected chi connectivity index (χ2v) is 5.88. The van der Waals surface area contributed by atoms with Crippen molar-refractivity contribution in [2.45, 2.75) is 17.8 Å². The summed E-state index contributed by atoms with van der Waals surface area (Å²) >= 11 is 3.03. The minimum absolute atomic E-state index is 0.252. The van der Waals surface area contributed by atoms with E-state index in [2.05, 4.69) is 15.6 Å². The molecule has 0 saturated heterocycles. The minimum Gasteiger partial charge on any atom is -0.312 e. The number of thioether (sulfide) groups is 1. The molecule has 0 fully saturated rings. The van der Waals surface area contributed by atoms with E-state index in [0.29, 0.717) is 4.88 Å². The number of carbonyl (C=O) groups excluding carboxylic acids is 1. The van der Waals surface area contributed by atoms with Crippen molar-refractivity contribution in [3.63, 3.8) is 0 Å². The molecule has 0 saturated carbocycles. The summed E-state index contributed by atoms with van der Waals surface area (Å²) in [6.07, 6.45) is 1.66. The van der Waals surface area contributed by atoms with Crippen LogP contribution >= 0.6 is 23.1 Å². The third kappa shape index (κ3) is 2.71. The highest BCUT2D eigenvalue weighted by atomic mass is 32.2. The average Bonchev–Trinajstić information content (AvgIpc) is 2.92. The van der Waals surface area contributed by atoms with Gasteiger partial charge in [-0.25, -0.2) is 5.84 Å². The first-order chi connectivity index (χ1) is 8.61. The van der Waals surface area contributed by atoms with Crippen LogP contribution < -0.4 is 11.3 Å². The molecule has 0 atom stereocenters. The van der Waals surface area contributed by atoms with Crippen molar-refractivity contribution in [1.82, 2.24) is 20.2 Å². The van der Waals surface area contributed by atoms with E-state index in [9.17, 15) is 4.79 Å². The van der Waals surface area contributed by atoms with Crippen molar-refractivity contribution < 1.29 is 4.79 Å². The largest absolute Gasteiger partial charge is 0.312 e. The fraction of sp³-hybridized carbons (Fsp3) is 0.300. The third-order valence-electron chi connectivity index (χ3n) is 2.40. The Bertz CT molecular complexity index is 562. The molecule has 0 radical (unpaired) electrons. The smallest absolute Gasteiger partial charge is 0.275 e. The van der Waals surface area contributed by atoms with Gasteiger partial charge >= 0.3 is 0 Å². The SMILES string of the molecule is Cc1sc(C(=O)NN)cc1CSc1nncn1C. The highest BCUT2D eigenvalue weighted by Gasteiger charge is 2.12. The van der Waals surface area contributed by atoms with Crippen molar-refractivity contribution in [3.8, 4) is 0 Å². The molecule has 0 aliphatic carbocycles. The zero-order chi connectivity index (χ0) is 13.1. The number of hydrogen-bond donors (Lipinski definition) is 2. The fourth-order valence-electron chi connectivity index (χ4n) is 1.39. The summed E-state index contributed by atoms with van der Waals surface area (Å²) in [5.41, 5.74) is 3.26. The van der Waals surface area contributed by atoms with Crippen molar-refractivity contribution in [1.29, 1.82) is 0 Å². The van der Waals surface area contributed by atoms with E-state index in [1.165, 1.54) is 11.3 Å². The maximum absolute atomic E-state index is 11.4. The number of nitrogens with zero attached hydrogens (tertiary/aromatic N) is 3. The van der Waals surface area contributed by atoms with Crippen LogP contribution in [0, 0.1) is 6.92 Å². The second-order valence-electron chi connectivity index (χ2n) is 3.68. The molecule has 96 valence electrons. The molecule has 2 rings (SSSR count). The number of nitrogens with two attached hydrogens (primary N) is 1. The van der Waals surface area contributed by atoms with Crippen LogP contribution in [0.5, 0.6) is 0 Å². The Hall–Kier alpha value is -1.38. The number of thiophene rings is 1. The first-order valence-corrected chi connectivity index (χ1v) is 6.99. The molecule has 0 bridgehead atoms. The van der Waals surface area contributed by atoms with Crippen molar-refractivity contribution in [2.24, 2.45) is 12.9 Å². The Balaban J connectivity index is 2.08. The first kappa shape index (κ1) is 13.1. The van der Waals surface area contributed by atoms with E-state index < -0.39 is 0 Å². The highest BCUT2D eigenvalue weighted by Crippen LogP contribution is 2.27. The molecule has 0 spiro atoms. The Morgan fingerprint density at radius 3 is 3.06 bits per heavy atom. The van der Waals surface area contributed by atoms with Crippen molar-refractivity contribution >= 4 is 29.0 Å². The summed E-state index contributed by atoms with van der Waals surface area (Å²) in [5.74, 6) is 5.62. The Morgan fingerprint density at radius 1 is 1.67 bits per heavy atom. The van der Waals surface area contributed by atoms with E-state index in [1.54, 1.807) is 18.1 Å². The van der Waals surface area contributed by atoms with Gasteiger partial charge in [0.2, 0.25) is 0 Å². The average molecular weight is 283 g/mol. The number of nitrogens with one attached hydrogen (secondary N) is 1. The lowest BCUT2D eigenvalue weighted by atomic mass is 10.3. The lowest BCUT2D eigenvalue weighted by Gasteiger charge is -1.99. The summed E-state index contributed by atoms with van der Waals surface area (Å²) in [7, 11) is 1.90. The van der Waals surface area contributed by atoms with Gasteiger partial charge in [-0.3, -0.25) is 10.2 Å². The zero-order valence-electron chi connectivity index (χ0n) is 10.0. The van der Waals surface area contributed by atoms with Crippen LogP contribution in [0.15, 0.2) is 17.6 Å². The summed E-state index contributed by atoms with van der Waals surface area (Å²) in [4.78, 5) is 13.1. The number of carbonyl (C=O) groups is 1. The number of hydrazine groups is 1. The molecule has 0 aromatic carbocycles. The number of rotatable bonds is 4. The van der Waals surface area contributed by atoms with Crippen LogP contribution in [0.1, 0.15) is 20.1 Å². The highest BCUT2D eigenvalue weighted by molar-refractivity contribution is 7.98. The predicted molar refractivity (Wildman–Crippen MR) is 71.3 cm³/mol. The van der Waals surface area contributed by atoms with Gasteiger partial charge in [-0.2, -0.15) is 0 Å². The number of nitrogen functional groups attached to an aromatic ring is 1. The molecule has 6 nitrogen and oxygen atoms in total. The van der Waals surface area contributed by atoms with E-state index in [-0.39, 0.29) is 5.91 Å². The van der Waals surface area contributed by atoms with Gasteiger partial charge in [0.15, 0.2) is 5.16 Å². The Morgan fingerprint density at radius 2 is 2.44 bits per heavy atom. The lowest BCUT2D eigenvalue weighted by molar-refractivity contribution is 0.0957. The van der Waals surface area contributed by atoms with Crippen molar-refractivity contribution in [3.05, 3.63) is 27.7 Å². The van der Waals surface area contributed by atoms with E-state index in [1.807, 2.05) is 24.6 Å². The lowest BCUT2D eigenvalue weighted by Crippen LogP contribution is -2.29. The van der Waals surface area contributed by atoms with Gasteiger partial charge in [0.05, 0.1) is 4.88 Å². The molecule has 0 aliphatic rings. The van der Waals surface area contributed by atoms with Gasteiger partial charge in [-0.1, -0.05) is 11.8 Å². The summed E-state index contributed by atoms with van der Waals surface area (Å²) < 4.78 is 1.86. The van der Waals surface area contributed by atoms with Crippen LogP contribution in [-0.2, 0) is 12.8 Å². The number of hydrogen-bond acceptors (Lipinski definition) is 6. The van der Waals surface area contributed by atoms with Crippen LogP contribution in [0.2, 0.25) is 0 Å². The maximum Gasteiger partial charge on any atom is 0.275 e. The van der Waals surface area contributed by atoms with Gasteiger partial charge in [0, 0.05) is 17.7 Å².